The highest BCUT2D eigenvalue weighted by molar-refractivity contribution is 6.03. The predicted octanol–water partition coefficient (Wildman–Crippen LogP) is 0.854. The normalized spacial score (nSPS) is 14.0. The van der Waals surface area contributed by atoms with Crippen molar-refractivity contribution in [1.82, 2.24) is 15.3 Å². The van der Waals surface area contributed by atoms with Crippen molar-refractivity contribution in [2.24, 2.45) is 0 Å². The van der Waals surface area contributed by atoms with Gasteiger partial charge in [0.2, 0.25) is 5.56 Å². The van der Waals surface area contributed by atoms with Crippen LogP contribution in [-0.2, 0) is 0 Å². The first-order valence-electron chi connectivity index (χ1n) is 7.14. The summed E-state index contributed by atoms with van der Waals surface area (Å²) in [5.41, 5.74) is 1.19. The lowest BCUT2D eigenvalue weighted by molar-refractivity contribution is 0.102. The zero-order chi connectivity index (χ0) is 15.4. The van der Waals surface area contributed by atoms with Gasteiger partial charge in [0.1, 0.15) is 5.82 Å². The summed E-state index contributed by atoms with van der Waals surface area (Å²) < 4.78 is 0. The molecule has 2 aromatic heterocycles. The molecule has 2 aromatic rings. The molecule has 8 heteroatoms. The average molecular weight is 336 g/mol. The first kappa shape index (κ1) is 17.0. The van der Waals surface area contributed by atoms with E-state index in [-0.39, 0.29) is 23.9 Å². The molecule has 122 valence electrons. The third-order valence-electron chi connectivity index (χ3n) is 3.52. The molecule has 3 heterocycles. The first-order chi connectivity index (χ1) is 10.7. The van der Waals surface area contributed by atoms with Crippen LogP contribution in [0.3, 0.4) is 0 Å². The Morgan fingerprint density at radius 1 is 1.17 bits per heavy atom. The van der Waals surface area contributed by atoms with E-state index in [2.05, 4.69) is 25.5 Å². The van der Waals surface area contributed by atoms with Crippen molar-refractivity contribution in [3.05, 3.63) is 52.6 Å². The number of pyridine rings is 2. The molecule has 3 N–H and O–H groups in total. The van der Waals surface area contributed by atoms with E-state index < -0.39 is 0 Å². The van der Waals surface area contributed by atoms with E-state index in [4.69, 9.17) is 0 Å². The monoisotopic (exact) mass is 335 g/mol. The van der Waals surface area contributed by atoms with Crippen molar-refractivity contribution in [3.8, 4) is 0 Å². The van der Waals surface area contributed by atoms with Gasteiger partial charge in [-0.25, -0.2) is 4.98 Å². The Morgan fingerprint density at radius 2 is 1.96 bits per heavy atom. The lowest BCUT2D eigenvalue weighted by Gasteiger charge is -2.29. The molecule has 7 nitrogen and oxygen atoms in total. The number of amides is 1. The summed E-state index contributed by atoms with van der Waals surface area (Å²) in [7, 11) is 0. The maximum absolute atomic E-state index is 12.0. The summed E-state index contributed by atoms with van der Waals surface area (Å²) >= 11 is 0. The molecular formula is C15H18ClN5O2. The van der Waals surface area contributed by atoms with Crippen molar-refractivity contribution >= 4 is 29.8 Å². The lowest BCUT2D eigenvalue weighted by atomic mass is 10.2. The fourth-order valence-corrected chi connectivity index (χ4v) is 2.31. The molecule has 0 radical (unpaired) electrons. The SMILES string of the molecule is Cl.O=C(Nc1ccc(N2CCNCC2)cn1)c1ccc(=O)[nH]c1. The summed E-state index contributed by atoms with van der Waals surface area (Å²) in [5.74, 6) is 0.175. The second-order valence-electron chi connectivity index (χ2n) is 5.03. The van der Waals surface area contributed by atoms with E-state index in [9.17, 15) is 9.59 Å². The van der Waals surface area contributed by atoms with Crippen LogP contribution >= 0.6 is 12.4 Å². The van der Waals surface area contributed by atoms with Crippen LogP contribution in [0.5, 0.6) is 0 Å². The van der Waals surface area contributed by atoms with E-state index in [1.165, 1.54) is 18.3 Å². The Kier molecular flexibility index (Phi) is 5.72. The van der Waals surface area contributed by atoms with Gasteiger partial charge in [-0.3, -0.25) is 9.59 Å². The Morgan fingerprint density at radius 3 is 2.57 bits per heavy atom. The zero-order valence-corrected chi connectivity index (χ0v) is 13.2. The molecular weight excluding hydrogens is 318 g/mol. The second kappa shape index (κ2) is 7.75. The van der Waals surface area contributed by atoms with E-state index >= 15 is 0 Å². The topological polar surface area (TPSA) is 90.1 Å². The van der Waals surface area contributed by atoms with Gasteiger partial charge in [-0.15, -0.1) is 12.4 Å². The second-order valence-corrected chi connectivity index (χ2v) is 5.03. The van der Waals surface area contributed by atoms with Gasteiger partial charge in [0, 0.05) is 38.4 Å². The van der Waals surface area contributed by atoms with Crippen molar-refractivity contribution in [1.29, 1.82) is 0 Å². The number of rotatable bonds is 3. The highest BCUT2D eigenvalue weighted by Gasteiger charge is 2.11. The van der Waals surface area contributed by atoms with E-state index in [1.807, 2.05) is 6.07 Å². The van der Waals surface area contributed by atoms with Crippen molar-refractivity contribution < 1.29 is 4.79 Å². The number of aromatic amines is 1. The molecule has 1 aliphatic rings. The largest absolute Gasteiger partial charge is 0.368 e. The van der Waals surface area contributed by atoms with E-state index in [0.29, 0.717) is 11.4 Å². The summed E-state index contributed by atoms with van der Waals surface area (Å²) in [6.07, 6.45) is 3.14. The Bertz CT molecular complexity index is 690. The molecule has 0 spiro atoms. The number of piperazine rings is 1. The van der Waals surface area contributed by atoms with Gasteiger partial charge in [0.05, 0.1) is 17.4 Å². The van der Waals surface area contributed by atoms with E-state index in [0.717, 1.165) is 31.9 Å². The molecule has 0 atom stereocenters. The van der Waals surface area contributed by atoms with Gasteiger partial charge in [-0.1, -0.05) is 0 Å². The first-order valence-corrected chi connectivity index (χ1v) is 7.14. The van der Waals surface area contributed by atoms with Gasteiger partial charge in [-0.2, -0.15) is 0 Å². The fraction of sp³-hybridized carbons (Fsp3) is 0.267. The van der Waals surface area contributed by atoms with Crippen LogP contribution in [0.1, 0.15) is 10.4 Å². The van der Waals surface area contributed by atoms with Crippen LogP contribution in [0.25, 0.3) is 0 Å². The molecule has 0 aromatic carbocycles. The maximum Gasteiger partial charge on any atom is 0.258 e. The number of anilines is 2. The number of hydrogen-bond donors (Lipinski definition) is 3. The molecule has 1 saturated heterocycles. The van der Waals surface area contributed by atoms with Crippen molar-refractivity contribution in [2.75, 3.05) is 36.4 Å². The van der Waals surface area contributed by atoms with Crippen LogP contribution in [0.2, 0.25) is 0 Å². The summed E-state index contributed by atoms with van der Waals surface area (Å²) in [6.45, 7) is 3.82. The van der Waals surface area contributed by atoms with Gasteiger partial charge >= 0.3 is 0 Å². The number of hydrogen-bond acceptors (Lipinski definition) is 5. The minimum Gasteiger partial charge on any atom is -0.368 e. The van der Waals surface area contributed by atoms with E-state index in [1.54, 1.807) is 12.3 Å². The standard InChI is InChI=1S/C15H17N5O2.ClH/c21-14-4-1-11(9-18-14)15(22)19-13-3-2-12(10-17-13)20-7-5-16-6-8-20;/h1-4,9-10,16H,5-8H2,(H,18,21)(H,17,19,22);1H. The average Bonchev–Trinajstić information content (AvgIpc) is 2.57. The zero-order valence-electron chi connectivity index (χ0n) is 12.4. The molecule has 1 fully saturated rings. The minimum atomic E-state index is -0.307. The molecule has 0 bridgehead atoms. The van der Waals surface area contributed by atoms with Gasteiger partial charge in [-0.05, 0) is 18.2 Å². The highest BCUT2D eigenvalue weighted by atomic mass is 35.5. The van der Waals surface area contributed by atoms with Crippen LogP contribution in [0.4, 0.5) is 11.5 Å². The summed E-state index contributed by atoms with van der Waals surface area (Å²) in [5, 5.41) is 6.00. The number of halogens is 1. The lowest BCUT2D eigenvalue weighted by Crippen LogP contribution is -2.43. The molecule has 3 rings (SSSR count). The maximum atomic E-state index is 12.0. The summed E-state index contributed by atoms with van der Waals surface area (Å²) in [6, 6.07) is 6.51. The van der Waals surface area contributed by atoms with Crippen molar-refractivity contribution in [2.45, 2.75) is 0 Å². The number of aromatic nitrogens is 2. The Labute approximate surface area is 139 Å². The van der Waals surface area contributed by atoms with Crippen LogP contribution < -0.4 is 21.1 Å². The van der Waals surface area contributed by atoms with Gasteiger partial charge in [0.25, 0.3) is 5.91 Å². The highest BCUT2D eigenvalue weighted by Crippen LogP contribution is 2.16. The van der Waals surface area contributed by atoms with Crippen molar-refractivity contribution in [3.63, 3.8) is 0 Å². The van der Waals surface area contributed by atoms with Crippen LogP contribution in [0.15, 0.2) is 41.5 Å². The molecule has 1 aliphatic heterocycles. The Hall–Kier alpha value is -2.38. The van der Waals surface area contributed by atoms with Crippen LogP contribution in [0, 0.1) is 0 Å². The minimum absolute atomic E-state index is 0. The smallest absolute Gasteiger partial charge is 0.258 e. The summed E-state index contributed by atoms with van der Waals surface area (Å²) in [4.78, 5) is 32.0. The van der Waals surface area contributed by atoms with Crippen LogP contribution in [-0.4, -0.2) is 42.1 Å². The molecule has 0 aliphatic carbocycles. The number of nitrogens with one attached hydrogen (secondary N) is 3. The Balaban J connectivity index is 0.00000192. The number of H-pyrrole nitrogens is 1. The van der Waals surface area contributed by atoms with Gasteiger partial charge in [0.15, 0.2) is 0 Å². The quantitative estimate of drug-likeness (QED) is 0.774. The molecule has 1 amide bonds. The van der Waals surface area contributed by atoms with Gasteiger partial charge < -0.3 is 20.5 Å². The molecule has 23 heavy (non-hydrogen) atoms. The predicted molar refractivity (Wildman–Crippen MR) is 91.6 cm³/mol. The number of nitrogens with zero attached hydrogens (tertiary/aromatic N) is 2. The number of carbonyl (C=O) groups is 1. The molecule has 0 saturated carbocycles. The molecule has 0 unspecified atom stereocenters. The number of carbonyl (C=O) groups excluding carboxylic acids is 1. The third kappa shape index (κ3) is 4.30. The fourth-order valence-electron chi connectivity index (χ4n) is 2.31. The third-order valence-corrected chi connectivity index (χ3v) is 3.52.